The van der Waals surface area contributed by atoms with Gasteiger partial charge in [-0.3, -0.25) is 0 Å². The quantitative estimate of drug-likeness (QED) is 0.171. The van der Waals surface area contributed by atoms with Gasteiger partial charge in [0.2, 0.25) is 0 Å². The first-order valence-electron chi connectivity index (χ1n) is 25.7. The van der Waals surface area contributed by atoms with Gasteiger partial charge in [0.25, 0.3) is 0 Å². The Hall–Kier alpha value is -8.76. The molecule has 0 saturated heterocycles. The second-order valence-electron chi connectivity index (χ2n) is 20.8. The molecule has 0 amide bonds. The molecule has 1 unspecified atom stereocenters. The number of allylic oxidation sites excluding steroid dienone is 4. The van der Waals surface area contributed by atoms with E-state index in [-0.39, 0.29) is 5.41 Å². The van der Waals surface area contributed by atoms with E-state index in [0.29, 0.717) is 0 Å². The van der Waals surface area contributed by atoms with Crippen LogP contribution in [-0.4, -0.2) is 0 Å². The number of hydrogen-bond acceptors (Lipinski definition) is 3. The van der Waals surface area contributed by atoms with Crippen molar-refractivity contribution in [2.75, 3.05) is 4.90 Å². The number of anilines is 2. The van der Waals surface area contributed by atoms with Crippen molar-refractivity contribution in [2.24, 2.45) is 0 Å². The zero-order valence-electron chi connectivity index (χ0n) is 41.2. The maximum Gasteiger partial charge on any atom is 0.143 e. The number of para-hydroxylation sites is 2. The Kier molecular flexibility index (Phi) is 9.34. The third-order valence-corrected chi connectivity index (χ3v) is 17.7. The Morgan fingerprint density at radius 2 is 1.15 bits per heavy atom. The van der Waals surface area contributed by atoms with E-state index >= 15 is 0 Å². The largest absolute Gasteiger partial charge is 0.455 e. The van der Waals surface area contributed by atoms with E-state index in [1.54, 1.807) is 0 Å². The highest BCUT2D eigenvalue weighted by Gasteiger charge is 2.53. The fraction of sp³-hybridized carbons (Fsp3) is 0.0704. The summed E-state index contributed by atoms with van der Waals surface area (Å²) in [6.07, 6.45) is 7.79. The molecule has 2 heterocycles. The van der Waals surface area contributed by atoms with Crippen molar-refractivity contribution in [3.8, 4) is 44.5 Å². The molecule has 0 bridgehead atoms. The number of hydrogen-bond donors (Lipinski definition) is 0. The molecule has 10 aromatic carbocycles. The predicted molar refractivity (Wildman–Crippen MR) is 312 cm³/mol. The van der Waals surface area contributed by atoms with Crippen LogP contribution in [0.5, 0.6) is 0 Å². The minimum absolute atomic E-state index is 0.306. The summed E-state index contributed by atoms with van der Waals surface area (Å²) in [5, 5.41) is 4.91. The third kappa shape index (κ3) is 6.11. The molecule has 15 rings (SSSR count). The normalized spacial score (nSPS) is 17.3. The molecule has 0 radical (unpaired) electrons. The van der Waals surface area contributed by atoms with Gasteiger partial charge in [-0.05, 0) is 145 Å². The van der Waals surface area contributed by atoms with Crippen molar-refractivity contribution in [1.29, 1.82) is 0 Å². The number of nitrogens with zero attached hydrogens (tertiary/aromatic N) is 1. The summed E-state index contributed by atoms with van der Waals surface area (Å²) in [6.45, 7) is 9.47. The zero-order valence-corrected chi connectivity index (χ0v) is 42.0. The predicted octanol–water partition coefficient (Wildman–Crippen LogP) is 19.3. The van der Waals surface area contributed by atoms with E-state index in [4.69, 9.17) is 11.0 Å². The molecule has 350 valence electrons. The molecule has 3 aliphatic rings. The minimum Gasteiger partial charge on any atom is -0.455 e. The lowest BCUT2D eigenvalue weighted by Crippen LogP contribution is -2.26. The van der Waals surface area contributed by atoms with Crippen molar-refractivity contribution in [3.63, 3.8) is 0 Å². The van der Waals surface area contributed by atoms with Crippen LogP contribution >= 0.6 is 11.3 Å². The summed E-state index contributed by atoms with van der Waals surface area (Å²) < 4.78 is 9.36. The van der Waals surface area contributed by atoms with Gasteiger partial charge in [0.05, 0.1) is 5.41 Å². The summed E-state index contributed by atoms with van der Waals surface area (Å²) in [4.78, 5) is 2.46. The first-order valence-corrected chi connectivity index (χ1v) is 26.5. The standard InChI is InChI=1S/C71H49NOS/c1-44-41-50(21-15-20-47-19-7-11-27-59(47)70(44,2)3)72(49-34-31-46(32-35-49)45-17-5-4-6-18-45)51-36-38-54-53-37-33-48(52-25-16-26-56-55-22-9-13-29-64(55)73-69(52)56)42-62(53)71(63(54)43-51)60-28-12-8-23-57(60)67-61(71)39-40-66-68(67)58-24-10-14-30-65(58)74-66/h4-19,21-43H,1,20H2,2-3H3/b21-15-,50-41+. The van der Waals surface area contributed by atoms with Gasteiger partial charge < -0.3 is 9.32 Å². The van der Waals surface area contributed by atoms with E-state index in [9.17, 15) is 0 Å². The van der Waals surface area contributed by atoms with Gasteiger partial charge in [0.15, 0.2) is 0 Å². The summed E-state index contributed by atoms with van der Waals surface area (Å²) in [5.74, 6) is 0. The molecule has 3 heteroatoms. The number of rotatable bonds is 5. The second kappa shape index (κ2) is 16.1. The first-order chi connectivity index (χ1) is 36.4. The fourth-order valence-corrected chi connectivity index (χ4v) is 14.1. The molecule has 0 fully saturated rings. The van der Waals surface area contributed by atoms with Crippen LogP contribution in [0.1, 0.15) is 47.2 Å². The van der Waals surface area contributed by atoms with Crippen molar-refractivity contribution in [3.05, 3.63) is 288 Å². The number of furan rings is 1. The molecular formula is C71H49NOS. The first kappa shape index (κ1) is 42.9. The highest BCUT2D eigenvalue weighted by Crippen LogP contribution is 2.65. The second-order valence-corrected chi connectivity index (χ2v) is 21.8. The number of fused-ring (bicyclic) bond motifs is 18. The van der Waals surface area contributed by atoms with E-state index in [1.807, 2.05) is 11.3 Å². The van der Waals surface area contributed by atoms with Gasteiger partial charge in [0.1, 0.15) is 11.2 Å². The van der Waals surface area contributed by atoms with Gasteiger partial charge in [0, 0.05) is 59.0 Å². The van der Waals surface area contributed by atoms with Gasteiger partial charge >= 0.3 is 0 Å². The highest BCUT2D eigenvalue weighted by atomic mass is 32.1. The monoisotopic (exact) mass is 963 g/mol. The summed E-state index contributed by atoms with van der Waals surface area (Å²) in [6, 6.07) is 81.1. The van der Waals surface area contributed by atoms with Crippen LogP contribution < -0.4 is 4.90 Å². The Labute approximate surface area is 435 Å². The van der Waals surface area contributed by atoms with Crippen LogP contribution in [0.2, 0.25) is 0 Å². The summed E-state index contributed by atoms with van der Waals surface area (Å²) >= 11 is 1.89. The molecule has 2 aromatic heterocycles. The Balaban J connectivity index is 1.00. The molecule has 0 saturated carbocycles. The lowest BCUT2D eigenvalue weighted by molar-refractivity contribution is 0.634. The van der Waals surface area contributed by atoms with Crippen molar-refractivity contribution < 1.29 is 4.42 Å². The average Bonchev–Trinajstić information content (AvgIpc) is 4.21. The van der Waals surface area contributed by atoms with Gasteiger partial charge in [-0.15, -0.1) is 11.3 Å². The van der Waals surface area contributed by atoms with Crippen LogP contribution in [0.25, 0.3) is 86.6 Å². The van der Waals surface area contributed by atoms with E-state index in [1.165, 1.54) is 86.9 Å². The molecule has 0 N–H and O–H groups in total. The fourth-order valence-electron chi connectivity index (χ4n) is 13.0. The molecule has 74 heavy (non-hydrogen) atoms. The molecule has 1 atom stereocenters. The van der Waals surface area contributed by atoms with Crippen LogP contribution in [0, 0.1) is 0 Å². The maximum atomic E-state index is 6.74. The van der Waals surface area contributed by atoms with Gasteiger partial charge in [-0.2, -0.15) is 0 Å². The number of benzene rings is 10. The Bertz CT molecular complexity index is 4390. The van der Waals surface area contributed by atoms with E-state index in [0.717, 1.165) is 62.1 Å². The topological polar surface area (TPSA) is 16.4 Å². The molecular weight excluding hydrogens is 915 g/mol. The van der Waals surface area contributed by atoms with Crippen molar-refractivity contribution in [1.82, 2.24) is 0 Å². The molecule has 1 spiro atoms. The third-order valence-electron chi connectivity index (χ3n) is 16.6. The minimum atomic E-state index is -0.652. The van der Waals surface area contributed by atoms with Gasteiger partial charge in [-0.25, -0.2) is 0 Å². The molecule has 12 aromatic rings. The van der Waals surface area contributed by atoms with Crippen LogP contribution in [0.4, 0.5) is 11.4 Å². The van der Waals surface area contributed by atoms with Crippen molar-refractivity contribution >= 4 is 64.8 Å². The van der Waals surface area contributed by atoms with E-state index in [2.05, 4.69) is 255 Å². The van der Waals surface area contributed by atoms with Gasteiger partial charge in [-0.1, -0.05) is 196 Å². The Morgan fingerprint density at radius 1 is 0.486 bits per heavy atom. The highest BCUT2D eigenvalue weighted by molar-refractivity contribution is 7.26. The molecule has 2 nitrogen and oxygen atoms in total. The smallest absolute Gasteiger partial charge is 0.143 e. The van der Waals surface area contributed by atoms with E-state index < -0.39 is 5.41 Å². The maximum absolute atomic E-state index is 6.74. The van der Waals surface area contributed by atoms with Crippen molar-refractivity contribution in [2.45, 2.75) is 31.1 Å². The molecule has 3 aliphatic carbocycles. The van der Waals surface area contributed by atoms with Crippen LogP contribution in [0.3, 0.4) is 0 Å². The number of thiophene rings is 1. The summed E-state index contributed by atoms with van der Waals surface area (Å²) in [5.41, 5.74) is 22.7. The summed E-state index contributed by atoms with van der Waals surface area (Å²) in [7, 11) is 0. The zero-order chi connectivity index (χ0) is 49.3. The lowest BCUT2D eigenvalue weighted by atomic mass is 9.70. The SMILES string of the molecule is C=C1/C=C(N(c2ccc(-c3ccccc3)cc2)c2ccc3c(c2)C2(c4cc(-c5cccc6c5oc5ccccc56)ccc4-3)c3ccccc3-c3c2ccc2sc4ccccc4c32)\C=C/Cc2ccccc2C1(C)C. The lowest BCUT2D eigenvalue weighted by Gasteiger charge is -2.33. The van der Waals surface area contributed by atoms with Crippen LogP contribution in [-0.2, 0) is 17.3 Å². The molecule has 0 aliphatic heterocycles. The van der Waals surface area contributed by atoms with Crippen LogP contribution in [0.15, 0.2) is 259 Å². The Morgan fingerprint density at radius 3 is 2.01 bits per heavy atom. The average molecular weight is 964 g/mol.